The van der Waals surface area contributed by atoms with Crippen LogP contribution in [0.3, 0.4) is 0 Å². The molecule has 1 aromatic heterocycles. The van der Waals surface area contributed by atoms with Gasteiger partial charge in [-0.05, 0) is 37.4 Å². The monoisotopic (exact) mass is 501 g/mol. The summed E-state index contributed by atoms with van der Waals surface area (Å²) in [5, 5.41) is 6.26. The second-order valence-corrected chi connectivity index (χ2v) is 9.58. The lowest BCUT2D eigenvalue weighted by molar-refractivity contribution is -0.121. The molecule has 2 N–H and O–H groups in total. The quantitative estimate of drug-likeness (QED) is 0.532. The Bertz CT molecular complexity index is 1310. The number of para-hydroxylation sites is 1. The summed E-state index contributed by atoms with van der Waals surface area (Å²) < 4.78 is 5.57. The number of likely N-dealkylation sites (tertiary alicyclic amines) is 1. The van der Waals surface area contributed by atoms with Gasteiger partial charge in [0.05, 0.1) is 31.0 Å². The number of carbonyl (C=O) groups excluding carboxylic acids is 2. The van der Waals surface area contributed by atoms with Crippen LogP contribution in [0.25, 0.3) is 0 Å². The van der Waals surface area contributed by atoms with Crippen LogP contribution < -0.4 is 25.2 Å². The van der Waals surface area contributed by atoms with Gasteiger partial charge in [0.2, 0.25) is 11.9 Å². The summed E-state index contributed by atoms with van der Waals surface area (Å²) in [6, 6.07) is 15.3. The van der Waals surface area contributed by atoms with Gasteiger partial charge in [-0.1, -0.05) is 25.1 Å². The SMILES string of the molecule is COc1cc(C(=O)NC2CN(C)C2)ccc1Nc1ncc2c(n1)N(c1ccccc1)CC(C)C(=O)N2C. The lowest BCUT2D eigenvalue weighted by Gasteiger charge is -2.36. The number of hydrogen-bond donors (Lipinski definition) is 2. The third-order valence-electron chi connectivity index (χ3n) is 6.75. The van der Waals surface area contributed by atoms with Crippen LogP contribution in [0, 0.1) is 5.92 Å². The number of methoxy groups -OCH3 is 1. The molecular formula is C27H31N7O3. The van der Waals surface area contributed by atoms with Gasteiger partial charge in [0, 0.05) is 37.9 Å². The second-order valence-electron chi connectivity index (χ2n) is 9.58. The Morgan fingerprint density at radius 3 is 2.54 bits per heavy atom. The van der Waals surface area contributed by atoms with Gasteiger partial charge in [0.1, 0.15) is 11.4 Å². The molecule has 10 heteroatoms. The van der Waals surface area contributed by atoms with Crippen molar-refractivity contribution in [3.8, 4) is 5.75 Å². The van der Waals surface area contributed by atoms with E-state index in [0.29, 0.717) is 41.0 Å². The molecule has 0 saturated carbocycles. The number of anilines is 5. The van der Waals surface area contributed by atoms with E-state index in [1.165, 1.54) is 0 Å². The minimum atomic E-state index is -0.227. The maximum atomic E-state index is 12.9. The summed E-state index contributed by atoms with van der Waals surface area (Å²) in [7, 11) is 5.32. The predicted octanol–water partition coefficient (Wildman–Crippen LogP) is 3.02. The lowest BCUT2D eigenvalue weighted by Crippen LogP contribution is -2.57. The van der Waals surface area contributed by atoms with Crippen LogP contribution in [-0.4, -0.2) is 73.6 Å². The molecule has 1 unspecified atom stereocenters. The van der Waals surface area contributed by atoms with E-state index in [1.807, 2.05) is 49.2 Å². The Morgan fingerprint density at radius 1 is 1.08 bits per heavy atom. The fourth-order valence-electron chi connectivity index (χ4n) is 4.70. The van der Waals surface area contributed by atoms with Crippen LogP contribution in [0.4, 0.5) is 28.8 Å². The van der Waals surface area contributed by atoms with Gasteiger partial charge >= 0.3 is 0 Å². The van der Waals surface area contributed by atoms with E-state index in [9.17, 15) is 9.59 Å². The van der Waals surface area contributed by atoms with Gasteiger partial charge in [0.15, 0.2) is 5.82 Å². The summed E-state index contributed by atoms with van der Waals surface area (Å²) >= 11 is 0. The second kappa shape index (κ2) is 10.1. The molecule has 10 nitrogen and oxygen atoms in total. The number of aromatic nitrogens is 2. The number of fused-ring (bicyclic) bond motifs is 1. The predicted molar refractivity (Wildman–Crippen MR) is 143 cm³/mol. The zero-order valence-corrected chi connectivity index (χ0v) is 21.4. The third kappa shape index (κ3) is 4.92. The third-order valence-corrected chi connectivity index (χ3v) is 6.75. The van der Waals surface area contributed by atoms with Crippen LogP contribution in [0.2, 0.25) is 0 Å². The highest BCUT2D eigenvalue weighted by molar-refractivity contribution is 5.99. The van der Waals surface area contributed by atoms with Crippen molar-refractivity contribution in [2.75, 3.05) is 56.0 Å². The minimum absolute atomic E-state index is 0.00747. The Kier molecular flexibility index (Phi) is 6.66. The van der Waals surface area contributed by atoms with Crippen molar-refractivity contribution in [3.63, 3.8) is 0 Å². The average Bonchev–Trinajstić information content (AvgIpc) is 2.98. The highest BCUT2D eigenvalue weighted by Crippen LogP contribution is 2.37. The van der Waals surface area contributed by atoms with E-state index < -0.39 is 0 Å². The van der Waals surface area contributed by atoms with E-state index in [-0.39, 0.29) is 23.8 Å². The van der Waals surface area contributed by atoms with Gasteiger partial charge < -0.3 is 30.1 Å². The molecule has 0 spiro atoms. The molecule has 2 aliphatic rings. The highest BCUT2D eigenvalue weighted by atomic mass is 16.5. The maximum absolute atomic E-state index is 12.9. The van der Waals surface area contributed by atoms with Crippen molar-refractivity contribution in [1.29, 1.82) is 0 Å². The number of likely N-dealkylation sites (N-methyl/N-ethyl adjacent to an activating group) is 1. The molecule has 1 atom stereocenters. The van der Waals surface area contributed by atoms with Crippen LogP contribution in [0.1, 0.15) is 17.3 Å². The first kappa shape index (κ1) is 24.5. The van der Waals surface area contributed by atoms with Crippen molar-refractivity contribution in [1.82, 2.24) is 20.2 Å². The van der Waals surface area contributed by atoms with Crippen LogP contribution in [-0.2, 0) is 4.79 Å². The van der Waals surface area contributed by atoms with Crippen molar-refractivity contribution >= 4 is 40.6 Å². The van der Waals surface area contributed by atoms with Gasteiger partial charge in [-0.2, -0.15) is 4.98 Å². The molecule has 1 fully saturated rings. The topological polar surface area (TPSA) is 103 Å². The minimum Gasteiger partial charge on any atom is -0.495 e. The number of rotatable bonds is 6. The fourth-order valence-corrected chi connectivity index (χ4v) is 4.70. The summed E-state index contributed by atoms with van der Waals surface area (Å²) in [6.07, 6.45) is 1.65. The first-order valence-corrected chi connectivity index (χ1v) is 12.3. The van der Waals surface area contributed by atoms with Crippen molar-refractivity contribution < 1.29 is 14.3 Å². The van der Waals surface area contributed by atoms with E-state index >= 15 is 0 Å². The molecule has 0 radical (unpaired) electrons. The van der Waals surface area contributed by atoms with Gasteiger partial charge in [-0.15, -0.1) is 0 Å². The normalized spacial score (nSPS) is 18.1. The number of nitrogens with one attached hydrogen (secondary N) is 2. The van der Waals surface area contributed by atoms with Crippen molar-refractivity contribution in [2.24, 2.45) is 5.92 Å². The molecule has 3 aromatic rings. The van der Waals surface area contributed by atoms with Crippen LogP contribution >= 0.6 is 0 Å². The zero-order chi connectivity index (χ0) is 26.1. The highest BCUT2D eigenvalue weighted by Gasteiger charge is 2.32. The zero-order valence-electron chi connectivity index (χ0n) is 21.4. The molecule has 2 aromatic carbocycles. The van der Waals surface area contributed by atoms with Crippen LogP contribution in [0.5, 0.6) is 5.75 Å². The van der Waals surface area contributed by atoms with Gasteiger partial charge in [0.25, 0.3) is 5.91 Å². The van der Waals surface area contributed by atoms with E-state index in [2.05, 4.69) is 20.5 Å². The molecule has 1 saturated heterocycles. The molecule has 0 bridgehead atoms. The van der Waals surface area contributed by atoms with E-state index in [0.717, 1.165) is 18.8 Å². The fraction of sp³-hybridized carbons (Fsp3) is 0.333. The Morgan fingerprint density at radius 2 is 1.84 bits per heavy atom. The molecule has 2 aliphatic heterocycles. The summed E-state index contributed by atoms with van der Waals surface area (Å²) in [4.78, 5) is 40.7. The number of benzene rings is 2. The summed E-state index contributed by atoms with van der Waals surface area (Å²) in [6.45, 7) is 4.09. The molecule has 5 rings (SSSR count). The summed E-state index contributed by atoms with van der Waals surface area (Å²) in [5.41, 5.74) is 2.71. The van der Waals surface area contributed by atoms with Crippen LogP contribution in [0.15, 0.2) is 54.7 Å². The van der Waals surface area contributed by atoms with E-state index in [1.54, 1.807) is 43.5 Å². The number of nitrogens with zero attached hydrogens (tertiary/aromatic N) is 5. The van der Waals surface area contributed by atoms with E-state index in [4.69, 9.17) is 9.72 Å². The molecule has 2 amide bonds. The molecule has 192 valence electrons. The average molecular weight is 502 g/mol. The van der Waals surface area contributed by atoms with Gasteiger partial charge in [-0.25, -0.2) is 4.98 Å². The number of carbonyl (C=O) groups is 2. The molecule has 3 heterocycles. The number of ether oxygens (including phenoxy) is 1. The van der Waals surface area contributed by atoms with Gasteiger partial charge in [-0.3, -0.25) is 9.59 Å². The Balaban J connectivity index is 1.44. The largest absolute Gasteiger partial charge is 0.495 e. The Hall–Kier alpha value is -4.18. The summed E-state index contributed by atoms with van der Waals surface area (Å²) in [5.74, 6) is 1.12. The standard InChI is InChI=1S/C27H31N7O3/c1-17-14-34(20-8-6-5-7-9-20)24-22(33(3)26(17)36)13-28-27(31-24)30-21-11-10-18(12-23(21)37-4)25(35)29-19-15-32(2)16-19/h5-13,17,19H,14-16H2,1-4H3,(H,29,35)(H,28,30,31). The molecular weight excluding hydrogens is 470 g/mol. The van der Waals surface area contributed by atoms with Crippen molar-refractivity contribution in [3.05, 3.63) is 60.3 Å². The smallest absolute Gasteiger partial charge is 0.251 e. The first-order valence-electron chi connectivity index (χ1n) is 12.3. The number of amides is 2. The first-order chi connectivity index (χ1) is 17.8. The molecule has 37 heavy (non-hydrogen) atoms. The maximum Gasteiger partial charge on any atom is 0.251 e. The van der Waals surface area contributed by atoms with Crippen molar-refractivity contribution in [2.45, 2.75) is 13.0 Å². The molecule has 0 aliphatic carbocycles. The lowest BCUT2D eigenvalue weighted by atomic mass is 10.1. The Labute approximate surface area is 216 Å². The number of hydrogen-bond acceptors (Lipinski definition) is 8.